The second-order valence-electron chi connectivity index (χ2n) is 2.66. The Labute approximate surface area is 74.6 Å². The van der Waals surface area contributed by atoms with Crippen LogP contribution in [-0.4, -0.2) is 19.9 Å². The standard InChI is InChI=1S/C8H9N3O2/c12-4-8-10-9-6-11(8)3-7-1-2-13-5-7/h1-2,5-6,12H,3-4H2. The van der Waals surface area contributed by atoms with Gasteiger partial charge in [-0.25, -0.2) is 0 Å². The van der Waals surface area contributed by atoms with E-state index in [0.717, 1.165) is 5.56 Å². The fraction of sp³-hybridized carbons (Fsp3) is 0.250. The molecule has 0 saturated heterocycles. The molecule has 0 bridgehead atoms. The molecule has 68 valence electrons. The highest BCUT2D eigenvalue weighted by atomic mass is 16.3. The number of nitrogens with zero attached hydrogens (tertiary/aromatic N) is 3. The molecule has 5 nitrogen and oxygen atoms in total. The third kappa shape index (κ3) is 1.59. The molecule has 2 aromatic rings. The van der Waals surface area contributed by atoms with Gasteiger partial charge in [-0.2, -0.15) is 0 Å². The molecule has 13 heavy (non-hydrogen) atoms. The van der Waals surface area contributed by atoms with Gasteiger partial charge in [-0.15, -0.1) is 10.2 Å². The first-order valence-corrected chi connectivity index (χ1v) is 3.89. The molecule has 5 heteroatoms. The van der Waals surface area contributed by atoms with Crippen molar-refractivity contribution >= 4 is 0 Å². The summed E-state index contributed by atoms with van der Waals surface area (Å²) in [5.41, 5.74) is 1.02. The average Bonchev–Trinajstić information content (AvgIpc) is 2.76. The van der Waals surface area contributed by atoms with Crippen molar-refractivity contribution in [2.45, 2.75) is 13.2 Å². The lowest BCUT2D eigenvalue weighted by atomic mass is 10.3. The molecule has 0 amide bonds. The maximum Gasteiger partial charge on any atom is 0.158 e. The molecule has 2 rings (SSSR count). The fourth-order valence-corrected chi connectivity index (χ4v) is 1.11. The summed E-state index contributed by atoms with van der Waals surface area (Å²) in [7, 11) is 0. The molecule has 1 N–H and O–H groups in total. The topological polar surface area (TPSA) is 64.1 Å². The summed E-state index contributed by atoms with van der Waals surface area (Å²) in [4.78, 5) is 0. The molecule has 0 aliphatic carbocycles. The van der Waals surface area contributed by atoms with Gasteiger partial charge >= 0.3 is 0 Å². The lowest BCUT2D eigenvalue weighted by molar-refractivity contribution is 0.265. The van der Waals surface area contributed by atoms with E-state index in [4.69, 9.17) is 9.52 Å². The van der Waals surface area contributed by atoms with Gasteiger partial charge in [0.25, 0.3) is 0 Å². The van der Waals surface area contributed by atoms with E-state index in [1.165, 1.54) is 0 Å². The minimum absolute atomic E-state index is 0.0994. The number of hydrogen-bond donors (Lipinski definition) is 1. The largest absolute Gasteiger partial charge is 0.472 e. The van der Waals surface area contributed by atoms with E-state index < -0.39 is 0 Å². The third-order valence-electron chi connectivity index (χ3n) is 1.77. The minimum atomic E-state index is -0.0994. The molecule has 2 heterocycles. The van der Waals surface area contributed by atoms with Crippen molar-refractivity contribution in [1.82, 2.24) is 14.8 Å². The van der Waals surface area contributed by atoms with Crippen molar-refractivity contribution in [3.05, 3.63) is 36.3 Å². The average molecular weight is 179 g/mol. The van der Waals surface area contributed by atoms with Crippen molar-refractivity contribution in [2.75, 3.05) is 0 Å². The second kappa shape index (κ2) is 3.40. The Kier molecular flexibility index (Phi) is 2.09. The highest BCUT2D eigenvalue weighted by Crippen LogP contribution is 2.04. The Balaban J connectivity index is 2.18. The van der Waals surface area contributed by atoms with Crippen LogP contribution in [0.3, 0.4) is 0 Å². The van der Waals surface area contributed by atoms with E-state index in [2.05, 4.69) is 10.2 Å². The van der Waals surface area contributed by atoms with Gasteiger partial charge in [0, 0.05) is 5.56 Å². The summed E-state index contributed by atoms with van der Waals surface area (Å²) in [5, 5.41) is 16.3. The highest BCUT2D eigenvalue weighted by Gasteiger charge is 2.03. The van der Waals surface area contributed by atoms with Crippen molar-refractivity contribution in [1.29, 1.82) is 0 Å². The molecular weight excluding hydrogens is 170 g/mol. The van der Waals surface area contributed by atoms with Crippen LogP contribution in [0.5, 0.6) is 0 Å². The maximum absolute atomic E-state index is 8.89. The van der Waals surface area contributed by atoms with Crippen molar-refractivity contribution < 1.29 is 9.52 Å². The van der Waals surface area contributed by atoms with Crippen LogP contribution in [0.4, 0.5) is 0 Å². The SMILES string of the molecule is OCc1nncn1Cc1ccoc1. The molecule has 0 saturated carbocycles. The Hall–Kier alpha value is -1.62. The van der Waals surface area contributed by atoms with Crippen LogP contribution in [-0.2, 0) is 13.2 Å². The van der Waals surface area contributed by atoms with E-state index in [-0.39, 0.29) is 6.61 Å². The monoisotopic (exact) mass is 179 g/mol. The number of aliphatic hydroxyl groups is 1. The van der Waals surface area contributed by atoms with Crippen LogP contribution in [0.15, 0.2) is 29.3 Å². The van der Waals surface area contributed by atoms with Gasteiger partial charge in [0.2, 0.25) is 0 Å². The Morgan fingerprint density at radius 3 is 3.15 bits per heavy atom. The molecule has 0 radical (unpaired) electrons. The van der Waals surface area contributed by atoms with E-state index in [1.807, 2.05) is 6.07 Å². The third-order valence-corrected chi connectivity index (χ3v) is 1.77. The van der Waals surface area contributed by atoms with Crippen LogP contribution in [0.25, 0.3) is 0 Å². The van der Waals surface area contributed by atoms with Crippen molar-refractivity contribution in [3.63, 3.8) is 0 Å². The zero-order valence-electron chi connectivity index (χ0n) is 6.92. The first kappa shape index (κ1) is 8.00. The van der Waals surface area contributed by atoms with Crippen molar-refractivity contribution in [2.24, 2.45) is 0 Å². The van der Waals surface area contributed by atoms with Gasteiger partial charge in [-0.3, -0.25) is 0 Å². The molecule has 0 aliphatic heterocycles. The first-order valence-electron chi connectivity index (χ1n) is 3.89. The predicted molar refractivity (Wildman–Crippen MR) is 43.8 cm³/mol. The van der Waals surface area contributed by atoms with Crippen LogP contribution in [0.2, 0.25) is 0 Å². The lowest BCUT2D eigenvalue weighted by Gasteiger charge is -2.00. The molecule has 0 atom stereocenters. The molecule has 0 fully saturated rings. The molecular formula is C8H9N3O2. The van der Waals surface area contributed by atoms with Gasteiger partial charge in [0.05, 0.1) is 19.1 Å². The predicted octanol–water partition coefficient (Wildman–Crippen LogP) is 0.412. The lowest BCUT2D eigenvalue weighted by Crippen LogP contribution is -2.03. The first-order chi connectivity index (χ1) is 6.40. The van der Waals surface area contributed by atoms with Crippen LogP contribution < -0.4 is 0 Å². The van der Waals surface area contributed by atoms with Gasteiger partial charge < -0.3 is 14.1 Å². The molecule has 0 aromatic carbocycles. The molecule has 0 aliphatic rings. The van der Waals surface area contributed by atoms with Crippen LogP contribution in [0, 0.1) is 0 Å². The summed E-state index contributed by atoms with van der Waals surface area (Å²) in [6.45, 7) is 0.525. The molecule has 2 aromatic heterocycles. The summed E-state index contributed by atoms with van der Waals surface area (Å²) in [5.74, 6) is 0.557. The summed E-state index contributed by atoms with van der Waals surface area (Å²) in [6, 6.07) is 1.86. The highest BCUT2D eigenvalue weighted by molar-refractivity contribution is 5.06. The van der Waals surface area contributed by atoms with Gasteiger partial charge in [-0.05, 0) is 6.07 Å². The number of rotatable bonds is 3. The smallest absolute Gasteiger partial charge is 0.158 e. The normalized spacial score (nSPS) is 10.5. The molecule has 0 spiro atoms. The zero-order chi connectivity index (χ0) is 9.10. The van der Waals surface area contributed by atoms with E-state index >= 15 is 0 Å². The Morgan fingerprint density at radius 2 is 2.46 bits per heavy atom. The maximum atomic E-state index is 8.89. The van der Waals surface area contributed by atoms with E-state index in [0.29, 0.717) is 12.4 Å². The Bertz CT molecular complexity index is 366. The van der Waals surface area contributed by atoms with Crippen LogP contribution >= 0.6 is 0 Å². The van der Waals surface area contributed by atoms with E-state index in [9.17, 15) is 0 Å². The number of hydrogen-bond acceptors (Lipinski definition) is 4. The second-order valence-corrected chi connectivity index (χ2v) is 2.66. The molecule has 0 unspecified atom stereocenters. The minimum Gasteiger partial charge on any atom is -0.472 e. The summed E-state index contributed by atoms with van der Waals surface area (Å²) >= 11 is 0. The van der Waals surface area contributed by atoms with Gasteiger partial charge in [-0.1, -0.05) is 0 Å². The fourth-order valence-electron chi connectivity index (χ4n) is 1.11. The Morgan fingerprint density at radius 1 is 1.54 bits per heavy atom. The zero-order valence-corrected chi connectivity index (χ0v) is 6.92. The van der Waals surface area contributed by atoms with Gasteiger partial charge in [0.1, 0.15) is 12.9 Å². The number of aromatic nitrogens is 3. The van der Waals surface area contributed by atoms with Crippen LogP contribution in [0.1, 0.15) is 11.4 Å². The number of aliphatic hydroxyl groups excluding tert-OH is 1. The van der Waals surface area contributed by atoms with Gasteiger partial charge in [0.15, 0.2) is 5.82 Å². The summed E-state index contributed by atoms with van der Waals surface area (Å²) in [6.07, 6.45) is 4.85. The summed E-state index contributed by atoms with van der Waals surface area (Å²) < 4.78 is 6.69. The van der Waals surface area contributed by atoms with Crippen molar-refractivity contribution in [3.8, 4) is 0 Å². The number of furan rings is 1. The quantitative estimate of drug-likeness (QED) is 0.741. The van der Waals surface area contributed by atoms with E-state index in [1.54, 1.807) is 23.4 Å².